The minimum absolute atomic E-state index is 0.0234. The molecule has 2 unspecified atom stereocenters. The van der Waals surface area contributed by atoms with E-state index >= 15 is 0 Å². The molecule has 1 aromatic rings. The lowest BCUT2D eigenvalue weighted by Crippen LogP contribution is -2.28. The Morgan fingerprint density at radius 1 is 1.21 bits per heavy atom. The topological polar surface area (TPSA) is 60.8 Å². The van der Waals surface area contributed by atoms with Gasteiger partial charge in [0.15, 0.2) is 5.78 Å². The second-order valence-electron chi connectivity index (χ2n) is 5.77. The number of carbonyl (C=O) groups excluding carboxylic acids is 1. The van der Waals surface area contributed by atoms with Crippen molar-refractivity contribution >= 4 is 5.78 Å². The standard InChI is InChI=1S/C15H19NO3/c17-12-4-5-13(14(18)6-12)15(19)9-16-7-10-2-1-3-11(10)8-16/h4-6,10-11,17-18H,1-3,7-9H2. The SMILES string of the molecule is O=C(CN1CC2CCCC2C1)c1ccc(O)cc1O. The molecule has 0 radical (unpaired) electrons. The summed E-state index contributed by atoms with van der Waals surface area (Å²) in [6.07, 6.45) is 3.91. The van der Waals surface area contributed by atoms with E-state index in [1.165, 1.54) is 37.5 Å². The van der Waals surface area contributed by atoms with Crippen LogP contribution in [0.3, 0.4) is 0 Å². The molecular weight excluding hydrogens is 242 g/mol. The van der Waals surface area contributed by atoms with Crippen LogP contribution in [-0.2, 0) is 0 Å². The fourth-order valence-electron chi connectivity index (χ4n) is 3.51. The first-order chi connectivity index (χ1) is 9.13. The zero-order chi connectivity index (χ0) is 13.4. The van der Waals surface area contributed by atoms with Gasteiger partial charge in [-0.1, -0.05) is 6.42 Å². The average Bonchev–Trinajstić information content (AvgIpc) is 2.89. The van der Waals surface area contributed by atoms with Crippen LogP contribution in [0.4, 0.5) is 0 Å². The Morgan fingerprint density at radius 3 is 2.53 bits per heavy atom. The highest BCUT2D eigenvalue weighted by Crippen LogP contribution is 2.37. The largest absolute Gasteiger partial charge is 0.508 e. The van der Waals surface area contributed by atoms with Crippen LogP contribution in [0.25, 0.3) is 0 Å². The summed E-state index contributed by atoms with van der Waals surface area (Å²) in [7, 11) is 0. The van der Waals surface area contributed by atoms with Gasteiger partial charge in [0.1, 0.15) is 11.5 Å². The lowest BCUT2D eigenvalue weighted by Gasteiger charge is -2.16. The smallest absolute Gasteiger partial charge is 0.180 e. The Kier molecular flexibility index (Phi) is 3.19. The van der Waals surface area contributed by atoms with Crippen LogP contribution < -0.4 is 0 Å². The van der Waals surface area contributed by atoms with Crippen molar-refractivity contribution in [3.8, 4) is 11.5 Å². The number of carbonyl (C=O) groups is 1. The van der Waals surface area contributed by atoms with E-state index in [2.05, 4.69) is 4.90 Å². The predicted molar refractivity (Wildman–Crippen MR) is 71.4 cm³/mol. The van der Waals surface area contributed by atoms with E-state index < -0.39 is 0 Å². The molecule has 4 heteroatoms. The molecule has 0 spiro atoms. The number of hydrogen-bond acceptors (Lipinski definition) is 4. The highest BCUT2D eigenvalue weighted by molar-refractivity contribution is 6.00. The van der Waals surface area contributed by atoms with Gasteiger partial charge in [0.25, 0.3) is 0 Å². The molecular formula is C15H19NO3. The first-order valence-corrected chi connectivity index (χ1v) is 6.91. The monoisotopic (exact) mass is 261 g/mol. The van der Waals surface area contributed by atoms with E-state index in [-0.39, 0.29) is 17.3 Å². The molecule has 2 aliphatic rings. The molecule has 1 aliphatic heterocycles. The summed E-state index contributed by atoms with van der Waals surface area (Å²) in [6, 6.07) is 4.14. The lowest BCUT2D eigenvalue weighted by atomic mass is 10.0. The van der Waals surface area contributed by atoms with Crippen molar-refractivity contribution < 1.29 is 15.0 Å². The zero-order valence-electron chi connectivity index (χ0n) is 10.9. The molecule has 1 saturated carbocycles. The lowest BCUT2D eigenvalue weighted by molar-refractivity contribution is 0.0938. The number of phenols is 2. The Balaban J connectivity index is 1.65. The highest BCUT2D eigenvalue weighted by Gasteiger charge is 2.36. The van der Waals surface area contributed by atoms with Crippen molar-refractivity contribution in [1.82, 2.24) is 4.90 Å². The minimum atomic E-state index is -0.135. The third kappa shape index (κ3) is 2.45. The molecule has 1 heterocycles. The van der Waals surface area contributed by atoms with Crippen molar-refractivity contribution in [2.45, 2.75) is 19.3 Å². The second kappa shape index (κ2) is 4.85. The molecule has 102 valence electrons. The van der Waals surface area contributed by atoms with E-state index in [1.54, 1.807) is 0 Å². The van der Waals surface area contributed by atoms with Crippen LogP contribution in [0, 0.1) is 11.8 Å². The average molecular weight is 261 g/mol. The number of ketones is 1. The summed E-state index contributed by atoms with van der Waals surface area (Å²) in [4.78, 5) is 14.4. The number of aromatic hydroxyl groups is 2. The minimum Gasteiger partial charge on any atom is -0.508 e. The first kappa shape index (κ1) is 12.5. The third-order valence-corrected chi connectivity index (χ3v) is 4.45. The number of nitrogens with zero attached hydrogens (tertiary/aromatic N) is 1. The van der Waals surface area contributed by atoms with Crippen molar-refractivity contribution in [1.29, 1.82) is 0 Å². The van der Waals surface area contributed by atoms with Crippen molar-refractivity contribution in [3.05, 3.63) is 23.8 Å². The quantitative estimate of drug-likeness (QED) is 0.817. The molecule has 3 rings (SSSR count). The van der Waals surface area contributed by atoms with E-state index in [9.17, 15) is 15.0 Å². The molecule has 4 nitrogen and oxygen atoms in total. The van der Waals surface area contributed by atoms with E-state index in [0.29, 0.717) is 12.1 Å². The van der Waals surface area contributed by atoms with E-state index in [1.807, 2.05) is 0 Å². The van der Waals surface area contributed by atoms with Crippen LogP contribution in [-0.4, -0.2) is 40.5 Å². The highest BCUT2D eigenvalue weighted by atomic mass is 16.3. The second-order valence-corrected chi connectivity index (χ2v) is 5.77. The summed E-state index contributed by atoms with van der Waals surface area (Å²) in [5.74, 6) is 1.30. The Labute approximate surface area is 112 Å². The van der Waals surface area contributed by atoms with Gasteiger partial charge in [-0.25, -0.2) is 0 Å². The number of benzene rings is 1. The maximum Gasteiger partial charge on any atom is 0.180 e. The van der Waals surface area contributed by atoms with Gasteiger partial charge < -0.3 is 10.2 Å². The Morgan fingerprint density at radius 2 is 1.89 bits per heavy atom. The maximum atomic E-state index is 12.2. The van der Waals surface area contributed by atoms with Gasteiger partial charge in [-0.2, -0.15) is 0 Å². The van der Waals surface area contributed by atoms with Gasteiger partial charge in [-0.3, -0.25) is 9.69 Å². The van der Waals surface area contributed by atoms with Crippen LogP contribution in [0.2, 0.25) is 0 Å². The van der Waals surface area contributed by atoms with Gasteiger partial charge >= 0.3 is 0 Å². The van der Waals surface area contributed by atoms with Crippen LogP contribution in [0.15, 0.2) is 18.2 Å². The molecule has 1 aliphatic carbocycles. The normalized spacial score (nSPS) is 26.5. The third-order valence-electron chi connectivity index (χ3n) is 4.45. The number of hydrogen-bond donors (Lipinski definition) is 2. The summed E-state index contributed by atoms with van der Waals surface area (Å²) in [5, 5.41) is 18.9. The van der Waals surface area contributed by atoms with Crippen LogP contribution >= 0.6 is 0 Å². The van der Waals surface area contributed by atoms with Gasteiger partial charge in [-0.05, 0) is 36.8 Å². The van der Waals surface area contributed by atoms with Crippen molar-refractivity contribution in [2.75, 3.05) is 19.6 Å². The van der Waals surface area contributed by atoms with Crippen LogP contribution in [0.1, 0.15) is 29.6 Å². The molecule has 0 aromatic heterocycles. The number of rotatable bonds is 3. The summed E-state index contributed by atoms with van der Waals surface area (Å²) >= 11 is 0. The Bertz CT molecular complexity index is 488. The van der Waals surface area contributed by atoms with Crippen molar-refractivity contribution in [2.24, 2.45) is 11.8 Å². The maximum absolute atomic E-state index is 12.2. The van der Waals surface area contributed by atoms with Gasteiger partial charge in [-0.15, -0.1) is 0 Å². The molecule has 2 fully saturated rings. The molecule has 0 bridgehead atoms. The summed E-state index contributed by atoms with van der Waals surface area (Å²) in [6.45, 7) is 2.38. The van der Waals surface area contributed by atoms with Crippen molar-refractivity contribution in [3.63, 3.8) is 0 Å². The first-order valence-electron chi connectivity index (χ1n) is 6.91. The number of Topliss-reactive ketones (excluding diaryl/α,β-unsaturated/α-hetero) is 1. The summed E-state index contributed by atoms with van der Waals surface area (Å²) < 4.78 is 0. The molecule has 1 aromatic carbocycles. The molecule has 2 N–H and O–H groups in total. The van der Waals surface area contributed by atoms with Crippen LogP contribution in [0.5, 0.6) is 11.5 Å². The van der Waals surface area contributed by atoms with Gasteiger partial charge in [0.2, 0.25) is 0 Å². The van der Waals surface area contributed by atoms with Gasteiger partial charge in [0, 0.05) is 19.2 Å². The zero-order valence-corrected chi connectivity index (χ0v) is 10.9. The van der Waals surface area contributed by atoms with Gasteiger partial charge in [0.05, 0.1) is 12.1 Å². The molecule has 0 amide bonds. The predicted octanol–water partition coefficient (Wildman–Crippen LogP) is 2.01. The number of likely N-dealkylation sites (tertiary alicyclic amines) is 1. The van der Waals surface area contributed by atoms with E-state index in [4.69, 9.17) is 0 Å². The molecule has 19 heavy (non-hydrogen) atoms. The molecule has 1 saturated heterocycles. The fourth-order valence-corrected chi connectivity index (χ4v) is 3.51. The number of phenolic OH excluding ortho intramolecular Hbond substituents is 2. The fraction of sp³-hybridized carbons (Fsp3) is 0.533. The summed E-state index contributed by atoms with van der Waals surface area (Å²) in [5.41, 5.74) is 0.301. The number of fused-ring (bicyclic) bond motifs is 1. The van der Waals surface area contributed by atoms with E-state index in [0.717, 1.165) is 24.9 Å². The molecule has 2 atom stereocenters. The Hall–Kier alpha value is -1.55.